The summed E-state index contributed by atoms with van der Waals surface area (Å²) < 4.78 is 4.98. The molecule has 3 amide bonds. The summed E-state index contributed by atoms with van der Waals surface area (Å²) in [5, 5.41) is 20.7. The number of aliphatic hydroxyl groups is 2. The van der Waals surface area contributed by atoms with E-state index in [1.807, 2.05) is 0 Å². The van der Waals surface area contributed by atoms with Crippen LogP contribution in [0, 0.1) is 0 Å². The maximum atomic E-state index is 11.5. The Morgan fingerprint density at radius 2 is 2.00 bits per heavy atom. The van der Waals surface area contributed by atoms with Gasteiger partial charge in [0.05, 0.1) is 13.2 Å². The third-order valence-electron chi connectivity index (χ3n) is 2.81. The van der Waals surface area contributed by atoms with E-state index < -0.39 is 24.2 Å². The van der Waals surface area contributed by atoms with E-state index in [9.17, 15) is 19.5 Å². The van der Waals surface area contributed by atoms with Gasteiger partial charge in [-0.2, -0.15) is 0 Å². The third kappa shape index (κ3) is 6.03. The zero-order chi connectivity index (χ0) is 15.9. The van der Waals surface area contributed by atoms with E-state index in [0.29, 0.717) is 13.0 Å². The molecule has 0 fully saturated rings. The minimum absolute atomic E-state index is 0.0361. The number of rotatable bonds is 9. The van der Waals surface area contributed by atoms with E-state index >= 15 is 0 Å². The molecule has 1 unspecified atom stereocenters. The highest BCUT2D eigenvalue weighted by atomic mass is 16.6. The van der Waals surface area contributed by atoms with Crippen molar-refractivity contribution >= 4 is 17.7 Å². The second kappa shape index (κ2) is 7.87. The number of carbonyl (C=O) groups is 3. The molecule has 0 aliphatic carbocycles. The number of nitrogens with zero attached hydrogens (tertiary/aromatic N) is 1. The van der Waals surface area contributed by atoms with Gasteiger partial charge in [-0.3, -0.25) is 19.3 Å². The third-order valence-corrected chi connectivity index (χ3v) is 2.81. The smallest absolute Gasteiger partial charge is 0.253 e. The van der Waals surface area contributed by atoms with Gasteiger partial charge in [-0.05, 0) is 13.3 Å². The van der Waals surface area contributed by atoms with E-state index in [1.54, 1.807) is 0 Å². The van der Waals surface area contributed by atoms with Crippen molar-refractivity contribution in [3.8, 4) is 0 Å². The summed E-state index contributed by atoms with van der Waals surface area (Å²) in [6.07, 6.45) is 2.84. The highest BCUT2D eigenvalue weighted by Gasteiger charge is 2.23. The van der Waals surface area contributed by atoms with Gasteiger partial charge in [0.25, 0.3) is 11.8 Å². The van der Waals surface area contributed by atoms with Crippen LogP contribution in [0.15, 0.2) is 12.2 Å². The molecular weight excluding hydrogens is 280 g/mol. The van der Waals surface area contributed by atoms with E-state index in [0.717, 1.165) is 4.90 Å². The zero-order valence-corrected chi connectivity index (χ0v) is 11.9. The van der Waals surface area contributed by atoms with E-state index in [-0.39, 0.29) is 25.5 Å². The number of imide groups is 1. The Morgan fingerprint density at radius 1 is 1.38 bits per heavy atom. The van der Waals surface area contributed by atoms with Crippen molar-refractivity contribution < 1.29 is 29.3 Å². The lowest BCUT2D eigenvalue weighted by atomic mass is 10.3. The molecule has 118 valence electrons. The lowest BCUT2D eigenvalue weighted by Gasteiger charge is -2.20. The highest BCUT2D eigenvalue weighted by Crippen LogP contribution is 2.05. The number of aliphatic hydroxyl groups excluding tert-OH is 1. The Labute approximate surface area is 122 Å². The second-order valence-electron chi connectivity index (χ2n) is 4.80. The molecule has 8 nitrogen and oxygen atoms in total. The fraction of sp³-hybridized carbons (Fsp3) is 0.615. The summed E-state index contributed by atoms with van der Waals surface area (Å²) in [6.45, 7) is 1.39. The second-order valence-corrected chi connectivity index (χ2v) is 4.80. The molecule has 0 aromatic rings. The van der Waals surface area contributed by atoms with Crippen molar-refractivity contribution in [2.45, 2.75) is 25.6 Å². The standard InChI is InChI=1S/C13H20N2O6/c1-13(20,9-16)21-8-2-6-14-10(17)5-7-15-11(18)3-4-12(15)19/h3-4,16,20H,2,5-9H2,1H3,(H,14,17). The Morgan fingerprint density at radius 3 is 2.57 bits per heavy atom. The molecule has 1 aliphatic heterocycles. The molecule has 0 spiro atoms. The Balaban J connectivity index is 2.10. The van der Waals surface area contributed by atoms with Gasteiger partial charge in [0, 0.05) is 31.7 Å². The first-order valence-electron chi connectivity index (χ1n) is 6.63. The number of ether oxygens (including phenoxy) is 1. The number of hydrogen-bond acceptors (Lipinski definition) is 6. The van der Waals surface area contributed by atoms with E-state index in [1.165, 1.54) is 19.1 Å². The van der Waals surface area contributed by atoms with Gasteiger partial charge in [0.2, 0.25) is 5.91 Å². The normalized spacial score (nSPS) is 17.2. The summed E-state index contributed by atoms with van der Waals surface area (Å²) in [7, 11) is 0. The van der Waals surface area contributed by atoms with Gasteiger partial charge in [-0.1, -0.05) is 0 Å². The topological polar surface area (TPSA) is 116 Å². The van der Waals surface area contributed by atoms with Crippen LogP contribution in [-0.2, 0) is 19.1 Å². The largest absolute Gasteiger partial charge is 0.391 e. The molecule has 0 radical (unpaired) electrons. The highest BCUT2D eigenvalue weighted by molar-refractivity contribution is 6.13. The molecular formula is C13H20N2O6. The maximum absolute atomic E-state index is 11.5. The number of amides is 3. The Hall–Kier alpha value is -1.77. The fourth-order valence-corrected chi connectivity index (χ4v) is 1.59. The van der Waals surface area contributed by atoms with Gasteiger partial charge < -0.3 is 20.3 Å². The van der Waals surface area contributed by atoms with Gasteiger partial charge in [-0.25, -0.2) is 0 Å². The van der Waals surface area contributed by atoms with Crippen LogP contribution in [-0.4, -0.2) is 64.9 Å². The quantitative estimate of drug-likeness (QED) is 0.272. The van der Waals surface area contributed by atoms with Crippen molar-refractivity contribution in [2.24, 2.45) is 0 Å². The minimum Gasteiger partial charge on any atom is -0.391 e. The molecule has 0 saturated heterocycles. The van der Waals surface area contributed by atoms with Crippen LogP contribution >= 0.6 is 0 Å². The first-order chi connectivity index (χ1) is 9.85. The van der Waals surface area contributed by atoms with Gasteiger partial charge in [0.15, 0.2) is 5.79 Å². The molecule has 1 heterocycles. The predicted octanol–water partition coefficient (Wildman–Crippen LogP) is -1.47. The van der Waals surface area contributed by atoms with Crippen molar-refractivity contribution in [3.63, 3.8) is 0 Å². The van der Waals surface area contributed by atoms with Gasteiger partial charge in [-0.15, -0.1) is 0 Å². The Kier molecular flexibility index (Phi) is 6.47. The molecule has 1 aliphatic rings. The van der Waals surface area contributed by atoms with Gasteiger partial charge >= 0.3 is 0 Å². The Bertz CT molecular complexity index is 414. The first kappa shape index (κ1) is 17.3. The van der Waals surface area contributed by atoms with Crippen LogP contribution < -0.4 is 5.32 Å². The summed E-state index contributed by atoms with van der Waals surface area (Å²) in [4.78, 5) is 35.0. The molecule has 8 heteroatoms. The van der Waals surface area contributed by atoms with Crippen LogP contribution in [0.25, 0.3) is 0 Å². The van der Waals surface area contributed by atoms with Crippen LogP contribution in [0.1, 0.15) is 19.8 Å². The summed E-state index contributed by atoms with van der Waals surface area (Å²) in [5.41, 5.74) is 0. The number of nitrogens with one attached hydrogen (secondary N) is 1. The summed E-state index contributed by atoms with van der Waals surface area (Å²) in [6, 6.07) is 0. The van der Waals surface area contributed by atoms with Crippen LogP contribution in [0.3, 0.4) is 0 Å². The molecule has 1 atom stereocenters. The van der Waals surface area contributed by atoms with E-state index in [2.05, 4.69) is 5.32 Å². The lowest BCUT2D eigenvalue weighted by molar-refractivity contribution is -0.211. The molecule has 21 heavy (non-hydrogen) atoms. The molecule has 3 N–H and O–H groups in total. The van der Waals surface area contributed by atoms with Crippen LogP contribution in [0.4, 0.5) is 0 Å². The van der Waals surface area contributed by atoms with Crippen LogP contribution in [0.5, 0.6) is 0 Å². The average Bonchev–Trinajstić information content (AvgIpc) is 2.75. The molecule has 0 bridgehead atoms. The lowest BCUT2D eigenvalue weighted by Crippen LogP contribution is -2.36. The minimum atomic E-state index is -1.58. The summed E-state index contributed by atoms with van der Waals surface area (Å²) in [5.74, 6) is -2.68. The number of hydrogen-bond donors (Lipinski definition) is 3. The number of carbonyl (C=O) groups excluding carboxylic acids is 3. The van der Waals surface area contributed by atoms with Crippen molar-refractivity contribution in [1.29, 1.82) is 0 Å². The average molecular weight is 300 g/mol. The summed E-state index contributed by atoms with van der Waals surface area (Å²) >= 11 is 0. The predicted molar refractivity (Wildman–Crippen MR) is 71.8 cm³/mol. The molecule has 0 aromatic carbocycles. The molecule has 1 rings (SSSR count). The maximum Gasteiger partial charge on any atom is 0.253 e. The zero-order valence-electron chi connectivity index (χ0n) is 11.9. The fourth-order valence-electron chi connectivity index (χ4n) is 1.59. The molecule has 0 saturated carbocycles. The van der Waals surface area contributed by atoms with Gasteiger partial charge in [0.1, 0.15) is 0 Å². The molecule has 0 aromatic heterocycles. The van der Waals surface area contributed by atoms with Crippen molar-refractivity contribution in [2.75, 3.05) is 26.3 Å². The van der Waals surface area contributed by atoms with E-state index in [4.69, 9.17) is 9.84 Å². The SMILES string of the molecule is CC(O)(CO)OCCCNC(=O)CCN1C(=O)C=CC1=O. The van der Waals surface area contributed by atoms with Crippen molar-refractivity contribution in [3.05, 3.63) is 12.2 Å². The first-order valence-corrected chi connectivity index (χ1v) is 6.63. The van der Waals surface area contributed by atoms with Crippen LogP contribution in [0.2, 0.25) is 0 Å². The van der Waals surface area contributed by atoms with Crippen molar-refractivity contribution in [1.82, 2.24) is 10.2 Å². The monoisotopic (exact) mass is 300 g/mol.